The average molecular weight is 405 g/mol. The van der Waals surface area contributed by atoms with Gasteiger partial charge >= 0.3 is 0 Å². The van der Waals surface area contributed by atoms with Crippen LogP contribution in [0.15, 0.2) is 54.7 Å². The van der Waals surface area contributed by atoms with Crippen molar-refractivity contribution in [2.75, 3.05) is 20.8 Å². The van der Waals surface area contributed by atoms with E-state index >= 15 is 0 Å². The maximum Gasteiger partial charge on any atom is 0.271 e. The summed E-state index contributed by atoms with van der Waals surface area (Å²) < 4.78 is 13.0. The molecule has 30 heavy (non-hydrogen) atoms. The minimum absolute atomic E-state index is 0.119. The lowest BCUT2D eigenvalue weighted by atomic mass is 9.91. The van der Waals surface area contributed by atoms with Gasteiger partial charge in [0, 0.05) is 37.7 Å². The average Bonchev–Trinajstić information content (AvgIpc) is 3.23. The number of aryl methyl sites for hydroxylation is 1. The predicted molar refractivity (Wildman–Crippen MR) is 115 cm³/mol. The van der Waals surface area contributed by atoms with Crippen LogP contribution < -0.4 is 14.8 Å². The number of nitrogens with one attached hydrogen (secondary N) is 1. The van der Waals surface area contributed by atoms with Crippen molar-refractivity contribution in [2.45, 2.75) is 31.7 Å². The Morgan fingerprint density at radius 3 is 2.77 bits per heavy atom. The van der Waals surface area contributed by atoms with E-state index in [0.29, 0.717) is 18.2 Å². The smallest absolute Gasteiger partial charge is 0.271 e. The minimum Gasteiger partial charge on any atom is -0.497 e. The Morgan fingerprint density at radius 2 is 2.00 bits per heavy atom. The van der Waals surface area contributed by atoms with Gasteiger partial charge in [-0.2, -0.15) is 0 Å². The van der Waals surface area contributed by atoms with Gasteiger partial charge in [-0.15, -0.1) is 0 Å². The number of aromatic nitrogens is 2. The topological polar surface area (TPSA) is 65.4 Å². The third-order valence-corrected chi connectivity index (χ3v) is 5.65. The summed E-state index contributed by atoms with van der Waals surface area (Å²) in [5.41, 5.74) is 2.85. The Kier molecular flexibility index (Phi) is 6.02. The van der Waals surface area contributed by atoms with Gasteiger partial charge in [0.25, 0.3) is 5.91 Å². The fourth-order valence-corrected chi connectivity index (χ4v) is 4.02. The molecule has 1 N–H and O–H groups in total. The van der Waals surface area contributed by atoms with Crippen LogP contribution >= 0.6 is 0 Å². The van der Waals surface area contributed by atoms with E-state index in [1.54, 1.807) is 14.2 Å². The highest BCUT2D eigenvalue weighted by atomic mass is 16.5. The van der Waals surface area contributed by atoms with E-state index in [1.165, 1.54) is 5.56 Å². The summed E-state index contributed by atoms with van der Waals surface area (Å²) >= 11 is 0. The molecule has 6 heteroatoms. The molecule has 1 atom stereocenters. The summed E-state index contributed by atoms with van der Waals surface area (Å²) in [4.78, 5) is 17.1. The standard InChI is InChI=1S/C24H27N3O3/c1-29-19-9-10-20(22(14-19)30-2)18-8-11-23-26-21(16-27(23)15-18)24(28)25-13-12-17-6-4-3-5-7-17/h3-7,9-10,14,16,18H,8,11-13,15H2,1-2H3,(H,25,28)/t18-/m1/s1. The molecular weight excluding hydrogens is 378 g/mol. The molecule has 2 aromatic carbocycles. The summed E-state index contributed by atoms with van der Waals surface area (Å²) in [5, 5.41) is 2.98. The molecule has 0 saturated heterocycles. The van der Waals surface area contributed by atoms with Gasteiger partial charge in [0.1, 0.15) is 23.0 Å². The summed E-state index contributed by atoms with van der Waals surface area (Å²) in [5.74, 6) is 2.77. The van der Waals surface area contributed by atoms with Crippen LogP contribution in [0.1, 0.15) is 39.8 Å². The number of amides is 1. The number of carbonyl (C=O) groups is 1. The number of carbonyl (C=O) groups excluding carboxylic acids is 1. The zero-order chi connectivity index (χ0) is 20.9. The van der Waals surface area contributed by atoms with E-state index in [0.717, 1.165) is 48.7 Å². The lowest BCUT2D eigenvalue weighted by Gasteiger charge is -2.25. The van der Waals surface area contributed by atoms with Crippen molar-refractivity contribution >= 4 is 5.91 Å². The number of hydrogen-bond donors (Lipinski definition) is 1. The van der Waals surface area contributed by atoms with Gasteiger partial charge < -0.3 is 19.4 Å². The van der Waals surface area contributed by atoms with Gasteiger partial charge in [0.2, 0.25) is 0 Å². The molecule has 0 spiro atoms. The van der Waals surface area contributed by atoms with Crippen LogP contribution in [-0.4, -0.2) is 36.2 Å². The van der Waals surface area contributed by atoms with E-state index in [9.17, 15) is 4.79 Å². The number of hydrogen-bond acceptors (Lipinski definition) is 4. The first-order valence-corrected chi connectivity index (χ1v) is 10.3. The number of ether oxygens (including phenoxy) is 2. The highest BCUT2D eigenvalue weighted by Gasteiger charge is 2.25. The van der Waals surface area contributed by atoms with E-state index in [-0.39, 0.29) is 5.91 Å². The first-order chi connectivity index (χ1) is 14.7. The van der Waals surface area contributed by atoms with Crippen molar-refractivity contribution in [3.8, 4) is 11.5 Å². The number of fused-ring (bicyclic) bond motifs is 1. The van der Waals surface area contributed by atoms with Crippen molar-refractivity contribution in [3.63, 3.8) is 0 Å². The first kappa shape index (κ1) is 20.0. The van der Waals surface area contributed by atoms with Crippen LogP contribution in [0.2, 0.25) is 0 Å². The van der Waals surface area contributed by atoms with E-state index in [1.807, 2.05) is 36.5 Å². The minimum atomic E-state index is -0.119. The Balaban J connectivity index is 1.41. The van der Waals surface area contributed by atoms with Crippen LogP contribution in [0.5, 0.6) is 11.5 Å². The lowest BCUT2D eigenvalue weighted by molar-refractivity contribution is 0.0949. The fraction of sp³-hybridized carbons (Fsp3) is 0.333. The quantitative estimate of drug-likeness (QED) is 0.652. The van der Waals surface area contributed by atoms with Gasteiger partial charge in [-0.3, -0.25) is 4.79 Å². The molecule has 0 saturated carbocycles. The van der Waals surface area contributed by atoms with Crippen LogP contribution in [0.3, 0.4) is 0 Å². The SMILES string of the molecule is COc1ccc([C@@H]2CCc3nc(C(=O)NCCc4ccccc4)cn3C2)c(OC)c1. The maximum atomic E-state index is 12.6. The largest absolute Gasteiger partial charge is 0.497 e. The molecule has 1 aliphatic rings. The number of methoxy groups -OCH3 is 2. The van der Waals surface area contributed by atoms with Crippen molar-refractivity contribution < 1.29 is 14.3 Å². The molecule has 3 aromatic rings. The first-order valence-electron chi connectivity index (χ1n) is 10.3. The third-order valence-electron chi connectivity index (χ3n) is 5.65. The fourth-order valence-electron chi connectivity index (χ4n) is 4.02. The van der Waals surface area contributed by atoms with Gasteiger partial charge in [-0.25, -0.2) is 4.98 Å². The lowest BCUT2D eigenvalue weighted by Crippen LogP contribution is -2.26. The van der Waals surface area contributed by atoms with Crippen molar-refractivity contribution in [1.29, 1.82) is 0 Å². The molecule has 0 aliphatic carbocycles. The van der Waals surface area contributed by atoms with Crippen LogP contribution in [0.25, 0.3) is 0 Å². The molecule has 0 fully saturated rings. The molecule has 1 aliphatic heterocycles. The molecule has 156 valence electrons. The maximum absolute atomic E-state index is 12.6. The monoisotopic (exact) mass is 405 g/mol. The van der Waals surface area contributed by atoms with Crippen LogP contribution in [0, 0.1) is 0 Å². The summed E-state index contributed by atoms with van der Waals surface area (Å²) in [6.07, 6.45) is 4.47. The Bertz CT molecular complexity index is 1010. The molecule has 6 nitrogen and oxygen atoms in total. The third kappa shape index (κ3) is 4.32. The summed E-state index contributed by atoms with van der Waals surface area (Å²) in [6, 6.07) is 16.1. The molecule has 0 unspecified atom stereocenters. The predicted octanol–water partition coefficient (Wildman–Crippen LogP) is 3.60. The van der Waals surface area contributed by atoms with Crippen molar-refractivity contribution in [3.05, 3.63) is 77.4 Å². The molecule has 4 rings (SSSR count). The highest BCUT2D eigenvalue weighted by molar-refractivity contribution is 5.92. The number of nitrogens with zero attached hydrogens (tertiary/aromatic N) is 2. The van der Waals surface area contributed by atoms with E-state index in [4.69, 9.17) is 9.47 Å². The zero-order valence-electron chi connectivity index (χ0n) is 17.4. The number of benzene rings is 2. The zero-order valence-corrected chi connectivity index (χ0v) is 17.4. The van der Waals surface area contributed by atoms with Crippen LogP contribution in [-0.2, 0) is 19.4 Å². The molecule has 1 aromatic heterocycles. The van der Waals surface area contributed by atoms with Crippen molar-refractivity contribution in [2.24, 2.45) is 0 Å². The Morgan fingerprint density at radius 1 is 1.17 bits per heavy atom. The summed E-state index contributed by atoms with van der Waals surface area (Å²) in [6.45, 7) is 1.37. The second-order valence-corrected chi connectivity index (χ2v) is 7.53. The second kappa shape index (κ2) is 9.03. The molecule has 0 radical (unpaired) electrons. The van der Waals surface area contributed by atoms with Gasteiger partial charge in [0.15, 0.2) is 0 Å². The van der Waals surface area contributed by atoms with Gasteiger partial charge in [-0.05, 0) is 30.0 Å². The number of rotatable bonds is 7. The normalized spacial score (nSPS) is 15.3. The van der Waals surface area contributed by atoms with Crippen LogP contribution in [0.4, 0.5) is 0 Å². The molecule has 2 heterocycles. The Labute approximate surface area is 176 Å². The Hall–Kier alpha value is -3.28. The van der Waals surface area contributed by atoms with E-state index < -0.39 is 0 Å². The second-order valence-electron chi connectivity index (χ2n) is 7.53. The molecule has 0 bridgehead atoms. The van der Waals surface area contributed by atoms with Crippen molar-refractivity contribution in [1.82, 2.24) is 14.9 Å². The van der Waals surface area contributed by atoms with E-state index in [2.05, 4.69) is 33.1 Å². The highest BCUT2D eigenvalue weighted by Crippen LogP contribution is 2.36. The van der Waals surface area contributed by atoms with Gasteiger partial charge in [-0.1, -0.05) is 36.4 Å². The number of imidazole rings is 1. The molecule has 1 amide bonds. The molecular formula is C24H27N3O3. The summed E-state index contributed by atoms with van der Waals surface area (Å²) in [7, 11) is 3.33. The van der Waals surface area contributed by atoms with Gasteiger partial charge in [0.05, 0.1) is 14.2 Å².